The third-order valence-electron chi connectivity index (χ3n) is 3.97. The number of para-hydroxylation sites is 1. The molecular weight excluding hydrogens is 425 g/mol. The van der Waals surface area contributed by atoms with Gasteiger partial charge in [0.1, 0.15) is 5.69 Å². The lowest BCUT2D eigenvalue weighted by Gasteiger charge is -2.22. The van der Waals surface area contributed by atoms with Crippen molar-refractivity contribution in [3.8, 4) is 0 Å². The van der Waals surface area contributed by atoms with Gasteiger partial charge in [0.15, 0.2) is 5.13 Å². The molecule has 29 heavy (non-hydrogen) atoms. The van der Waals surface area contributed by atoms with E-state index in [0.29, 0.717) is 5.52 Å². The summed E-state index contributed by atoms with van der Waals surface area (Å²) in [6, 6.07) is 9.90. The number of amides is 1. The highest BCUT2D eigenvalue weighted by Crippen LogP contribution is 2.40. The maximum atomic E-state index is 13.3. The van der Waals surface area contributed by atoms with Crippen LogP contribution < -0.4 is 4.90 Å². The van der Waals surface area contributed by atoms with Crippen LogP contribution >= 0.6 is 22.9 Å². The molecule has 0 fully saturated rings. The van der Waals surface area contributed by atoms with Crippen molar-refractivity contribution < 1.29 is 18.0 Å². The van der Waals surface area contributed by atoms with E-state index in [9.17, 15) is 18.0 Å². The SMILES string of the molecule is O=C(c1cnccn1)N(c1nc2ccccc2s1)c1cc(C(F)(F)F)ccc1Cl. The highest BCUT2D eigenvalue weighted by atomic mass is 35.5. The number of benzene rings is 2. The van der Waals surface area contributed by atoms with Gasteiger partial charge in [-0.1, -0.05) is 35.1 Å². The van der Waals surface area contributed by atoms with Crippen LogP contribution in [0.4, 0.5) is 24.0 Å². The van der Waals surface area contributed by atoms with Crippen molar-refractivity contribution in [2.45, 2.75) is 6.18 Å². The van der Waals surface area contributed by atoms with E-state index in [4.69, 9.17) is 11.6 Å². The van der Waals surface area contributed by atoms with Crippen molar-refractivity contribution in [3.05, 3.63) is 77.3 Å². The Balaban J connectivity index is 1.92. The number of nitrogens with zero attached hydrogens (tertiary/aromatic N) is 4. The van der Waals surface area contributed by atoms with Gasteiger partial charge in [-0.15, -0.1) is 0 Å². The largest absolute Gasteiger partial charge is 0.416 e. The summed E-state index contributed by atoms with van der Waals surface area (Å²) in [5, 5.41) is 0.137. The molecule has 0 N–H and O–H groups in total. The monoisotopic (exact) mass is 434 g/mol. The zero-order chi connectivity index (χ0) is 20.6. The minimum absolute atomic E-state index is 0.0329. The normalized spacial score (nSPS) is 11.6. The lowest BCUT2D eigenvalue weighted by Crippen LogP contribution is -2.27. The lowest BCUT2D eigenvalue weighted by atomic mass is 10.1. The highest BCUT2D eigenvalue weighted by molar-refractivity contribution is 7.22. The fourth-order valence-corrected chi connectivity index (χ4v) is 3.82. The van der Waals surface area contributed by atoms with Crippen LogP contribution in [0.15, 0.2) is 61.1 Å². The molecule has 4 aromatic rings. The Kier molecular flexibility index (Phi) is 4.93. The molecule has 0 saturated carbocycles. The molecule has 0 unspecified atom stereocenters. The predicted octanol–water partition coefficient (Wildman–Crippen LogP) is 5.74. The molecule has 2 aromatic heterocycles. The first-order chi connectivity index (χ1) is 13.8. The Morgan fingerprint density at radius 1 is 1.10 bits per heavy atom. The van der Waals surface area contributed by atoms with Gasteiger partial charge in [0.05, 0.1) is 32.7 Å². The molecule has 0 saturated heterocycles. The van der Waals surface area contributed by atoms with Gasteiger partial charge in [-0.3, -0.25) is 9.78 Å². The Labute approximate surface area is 171 Å². The average Bonchev–Trinajstić information content (AvgIpc) is 3.13. The van der Waals surface area contributed by atoms with E-state index in [0.717, 1.165) is 39.1 Å². The predicted molar refractivity (Wildman–Crippen MR) is 105 cm³/mol. The van der Waals surface area contributed by atoms with E-state index >= 15 is 0 Å². The summed E-state index contributed by atoms with van der Waals surface area (Å²) >= 11 is 7.35. The fraction of sp³-hybridized carbons (Fsp3) is 0.0526. The molecule has 1 amide bonds. The molecule has 0 aliphatic carbocycles. The van der Waals surface area contributed by atoms with E-state index in [1.807, 2.05) is 0 Å². The number of carbonyl (C=O) groups is 1. The van der Waals surface area contributed by atoms with Crippen LogP contribution in [0.2, 0.25) is 5.02 Å². The van der Waals surface area contributed by atoms with E-state index < -0.39 is 17.6 Å². The summed E-state index contributed by atoms with van der Waals surface area (Å²) in [5.74, 6) is -0.696. The summed E-state index contributed by atoms with van der Waals surface area (Å²) < 4.78 is 40.6. The standard InChI is InChI=1S/C19H10ClF3N4OS/c20-12-6-5-11(19(21,22)23)9-15(12)27(17(28)14-10-24-7-8-25-14)18-26-13-3-1-2-4-16(13)29-18/h1-10H. The van der Waals surface area contributed by atoms with Crippen LogP contribution in [0.1, 0.15) is 16.1 Å². The summed E-state index contributed by atoms with van der Waals surface area (Å²) in [7, 11) is 0. The number of halogens is 4. The number of aromatic nitrogens is 3. The molecule has 0 aliphatic heterocycles. The van der Waals surface area contributed by atoms with E-state index in [1.165, 1.54) is 18.6 Å². The molecule has 2 aromatic carbocycles. The van der Waals surface area contributed by atoms with Gasteiger partial charge in [0.2, 0.25) is 0 Å². The Hall–Kier alpha value is -3.04. The number of fused-ring (bicyclic) bond motifs is 1. The molecule has 0 bridgehead atoms. The molecule has 146 valence electrons. The second-order valence-corrected chi connectivity index (χ2v) is 7.28. The molecule has 10 heteroatoms. The number of thiazole rings is 1. The molecule has 2 heterocycles. The molecule has 0 spiro atoms. The first-order valence-electron chi connectivity index (χ1n) is 8.17. The molecule has 0 aliphatic rings. The van der Waals surface area contributed by atoms with Crippen molar-refractivity contribution in [2.24, 2.45) is 0 Å². The van der Waals surface area contributed by atoms with E-state index in [2.05, 4.69) is 15.0 Å². The van der Waals surface area contributed by atoms with Gasteiger partial charge in [-0.25, -0.2) is 14.9 Å². The first-order valence-corrected chi connectivity index (χ1v) is 9.37. The maximum absolute atomic E-state index is 13.3. The zero-order valence-corrected chi connectivity index (χ0v) is 16.0. The number of hydrogen-bond acceptors (Lipinski definition) is 5. The molecule has 4 rings (SSSR count). The third kappa shape index (κ3) is 3.79. The second kappa shape index (κ2) is 7.41. The van der Waals surface area contributed by atoms with Crippen molar-refractivity contribution in [1.29, 1.82) is 0 Å². The number of anilines is 2. The van der Waals surface area contributed by atoms with Gasteiger partial charge in [0, 0.05) is 12.4 Å². The van der Waals surface area contributed by atoms with Gasteiger partial charge in [0.25, 0.3) is 5.91 Å². The van der Waals surface area contributed by atoms with Crippen molar-refractivity contribution in [2.75, 3.05) is 4.90 Å². The van der Waals surface area contributed by atoms with Crippen LogP contribution in [-0.2, 0) is 6.18 Å². The number of rotatable bonds is 3. The summed E-state index contributed by atoms with van der Waals surface area (Å²) in [6.07, 6.45) is -0.675. The van der Waals surface area contributed by atoms with E-state index in [1.54, 1.807) is 24.3 Å². The Morgan fingerprint density at radius 3 is 2.59 bits per heavy atom. The van der Waals surface area contributed by atoms with Crippen molar-refractivity contribution in [1.82, 2.24) is 15.0 Å². The number of hydrogen-bond donors (Lipinski definition) is 0. The second-order valence-electron chi connectivity index (χ2n) is 5.86. The van der Waals surface area contributed by atoms with Gasteiger partial charge < -0.3 is 0 Å². The number of carbonyl (C=O) groups excluding carboxylic acids is 1. The third-order valence-corrected chi connectivity index (χ3v) is 5.31. The lowest BCUT2D eigenvalue weighted by molar-refractivity contribution is -0.137. The van der Waals surface area contributed by atoms with Gasteiger partial charge in [-0.2, -0.15) is 13.2 Å². The smallest absolute Gasteiger partial charge is 0.266 e. The Morgan fingerprint density at radius 2 is 1.90 bits per heavy atom. The van der Waals surface area contributed by atoms with E-state index in [-0.39, 0.29) is 21.5 Å². The molecule has 5 nitrogen and oxygen atoms in total. The quantitative estimate of drug-likeness (QED) is 0.412. The minimum Gasteiger partial charge on any atom is -0.266 e. The maximum Gasteiger partial charge on any atom is 0.416 e. The minimum atomic E-state index is -4.60. The zero-order valence-electron chi connectivity index (χ0n) is 14.4. The molecule has 0 atom stereocenters. The summed E-state index contributed by atoms with van der Waals surface area (Å²) in [6.45, 7) is 0. The van der Waals surface area contributed by atoms with Crippen LogP contribution in [0.5, 0.6) is 0 Å². The average molecular weight is 435 g/mol. The van der Waals surface area contributed by atoms with Gasteiger partial charge in [-0.05, 0) is 30.3 Å². The Bertz CT molecular complexity index is 1160. The molecular formula is C19H10ClF3N4OS. The summed E-state index contributed by atoms with van der Waals surface area (Å²) in [4.78, 5) is 26.4. The highest BCUT2D eigenvalue weighted by Gasteiger charge is 2.33. The van der Waals surface area contributed by atoms with Crippen LogP contribution in [0.25, 0.3) is 10.2 Å². The van der Waals surface area contributed by atoms with Crippen molar-refractivity contribution >= 4 is 49.9 Å². The van der Waals surface area contributed by atoms with Crippen LogP contribution in [0, 0.1) is 0 Å². The summed E-state index contributed by atoms with van der Waals surface area (Å²) in [5.41, 5.74) is -0.529. The fourth-order valence-electron chi connectivity index (χ4n) is 2.64. The molecule has 0 radical (unpaired) electrons. The number of alkyl halides is 3. The first kappa shape index (κ1) is 19.3. The van der Waals surface area contributed by atoms with Gasteiger partial charge >= 0.3 is 6.18 Å². The topological polar surface area (TPSA) is 59.0 Å². The van der Waals surface area contributed by atoms with Crippen LogP contribution in [0.3, 0.4) is 0 Å². The van der Waals surface area contributed by atoms with Crippen molar-refractivity contribution in [3.63, 3.8) is 0 Å². The van der Waals surface area contributed by atoms with Crippen LogP contribution in [-0.4, -0.2) is 20.9 Å².